The van der Waals surface area contributed by atoms with Crippen molar-refractivity contribution in [2.75, 3.05) is 0 Å². The average molecular weight is 403 g/mol. The first-order valence-corrected chi connectivity index (χ1v) is 6.36. The summed E-state index contributed by atoms with van der Waals surface area (Å²) in [5.74, 6) is 0. The van der Waals surface area contributed by atoms with Crippen LogP contribution in [0.2, 0.25) is 0 Å². The van der Waals surface area contributed by atoms with Crippen LogP contribution in [-0.2, 0) is 0 Å². The molecule has 0 aliphatic carbocycles. The van der Waals surface area contributed by atoms with E-state index in [9.17, 15) is 0 Å². The van der Waals surface area contributed by atoms with E-state index in [1.807, 2.05) is 0 Å². The van der Waals surface area contributed by atoms with Gasteiger partial charge < -0.3 is 0 Å². The van der Waals surface area contributed by atoms with Gasteiger partial charge in [-0.05, 0) is 24.3 Å². The van der Waals surface area contributed by atoms with Crippen molar-refractivity contribution in [3.05, 3.63) is 67.8 Å². The van der Waals surface area contributed by atoms with Gasteiger partial charge in [0.2, 0.25) is 0 Å². The standard InChI is InChI=1S/C12H10I.Sb/c1-3-7-11(8-4-1)13-12-9-5-2-6-10-12;/h1-10H;/q+1;. The Balaban J connectivity index is 0.000000980. The predicted octanol–water partition coefficient (Wildman–Crippen LogP) is -0.566. The van der Waals surface area contributed by atoms with Crippen molar-refractivity contribution in [1.82, 2.24) is 0 Å². The maximum absolute atomic E-state index is 2.21. The van der Waals surface area contributed by atoms with E-state index in [2.05, 4.69) is 60.7 Å². The number of halogens is 1. The molecule has 0 atom stereocenters. The SMILES string of the molecule is [Sb].c1ccc([I+]c2ccccc2)cc1. The molecule has 0 heterocycles. The molecule has 0 spiro atoms. The van der Waals surface area contributed by atoms with Crippen LogP contribution in [0.1, 0.15) is 0 Å². The predicted molar refractivity (Wildman–Crippen MR) is 56.0 cm³/mol. The number of rotatable bonds is 2. The summed E-state index contributed by atoms with van der Waals surface area (Å²) in [6.45, 7) is 0. The quantitative estimate of drug-likeness (QED) is 0.466. The molecule has 0 saturated heterocycles. The minimum atomic E-state index is 0. The molecule has 3 radical (unpaired) electrons. The summed E-state index contributed by atoms with van der Waals surface area (Å²) in [5.41, 5.74) is 0. The van der Waals surface area contributed by atoms with Gasteiger partial charge in [0.15, 0.2) is 7.14 Å². The van der Waals surface area contributed by atoms with Crippen LogP contribution in [0.25, 0.3) is 0 Å². The van der Waals surface area contributed by atoms with Gasteiger partial charge in [0.25, 0.3) is 0 Å². The van der Waals surface area contributed by atoms with Crippen molar-refractivity contribution < 1.29 is 21.2 Å². The summed E-state index contributed by atoms with van der Waals surface area (Å²) >= 11 is 0.0287. The average Bonchev–Trinajstić information content (AvgIpc) is 2.21. The van der Waals surface area contributed by atoms with Crippen LogP contribution in [0, 0.1) is 7.14 Å². The Kier molecular flexibility index (Phi) is 5.57. The first kappa shape index (κ1) is 12.1. The van der Waals surface area contributed by atoms with E-state index in [0.29, 0.717) is 0 Å². The van der Waals surface area contributed by atoms with Crippen LogP contribution in [-0.4, -0.2) is 24.4 Å². The summed E-state index contributed by atoms with van der Waals surface area (Å²) in [7, 11) is 0. The van der Waals surface area contributed by atoms with Crippen LogP contribution in [0.15, 0.2) is 60.7 Å². The van der Waals surface area contributed by atoms with Gasteiger partial charge in [-0.2, -0.15) is 0 Å². The van der Waals surface area contributed by atoms with Gasteiger partial charge in [-0.1, -0.05) is 36.4 Å². The summed E-state index contributed by atoms with van der Waals surface area (Å²) in [4.78, 5) is 0. The molecule has 2 heteroatoms. The molecule has 0 N–H and O–H groups in total. The van der Waals surface area contributed by atoms with E-state index in [1.165, 1.54) is 7.14 Å². The van der Waals surface area contributed by atoms with E-state index in [-0.39, 0.29) is 45.6 Å². The molecule has 14 heavy (non-hydrogen) atoms. The second kappa shape index (κ2) is 6.47. The van der Waals surface area contributed by atoms with Crippen molar-refractivity contribution in [3.8, 4) is 0 Å². The molecule has 0 nitrogen and oxygen atoms in total. The largest absolute Gasteiger partial charge is 0.357 e. The van der Waals surface area contributed by atoms with E-state index in [0.717, 1.165) is 0 Å². The zero-order chi connectivity index (χ0) is 8.93. The van der Waals surface area contributed by atoms with Gasteiger partial charge in [0.1, 0.15) is 0 Å². The van der Waals surface area contributed by atoms with Crippen LogP contribution in [0.5, 0.6) is 0 Å². The zero-order valence-corrected chi connectivity index (χ0v) is 12.3. The van der Waals surface area contributed by atoms with Gasteiger partial charge >= 0.3 is 21.2 Å². The minimum Gasteiger partial charge on any atom is -0.0619 e. The van der Waals surface area contributed by atoms with Crippen molar-refractivity contribution >= 4 is 24.4 Å². The van der Waals surface area contributed by atoms with E-state index in [1.54, 1.807) is 0 Å². The maximum atomic E-state index is 2.21. The molecule has 0 bridgehead atoms. The Hall–Kier alpha value is -0.0118. The minimum absolute atomic E-state index is 0. The van der Waals surface area contributed by atoms with Crippen LogP contribution < -0.4 is 21.2 Å². The number of benzene rings is 2. The molecule has 0 aliphatic heterocycles. The second-order valence-corrected chi connectivity index (χ2v) is 5.72. The fraction of sp³-hybridized carbons (Fsp3) is 0. The van der Waals surface area contributed by atoms with Crippen LogP contribution >= 0.6 is 0 Å². The Labute approximate surface area is 112 Å². The Bertz CT molecular complexity index is 321. The third-order valence-corrected chi connectivity index (χ3v) is 4.37. The van der Waals surface area contributed by atoms with Gasteiger partial charge in [-0.25, -0.2) is 0 Å². The van der Waals surface area contributed by atoms with Crippen molar-refractivity contribution in [2.45, 2.75) is 0 Å². The monoisotopic (exact) mass is 402 g/mol. The van der Waals surface area contributed by atoms with Crippen molar-refractivity contribution in [1.29, 1.82) is 0 Å². The second-order valence-electron chi connectivity index (χ2n) is 2.69. The fourth-order valence-corrected chi connectivity index (χ4v) is 3.35. The maximum Gasteiger partial charge on any atom is 0.357 e. The molecule has 2 aromatic rings. The molecule has 2 aromatic carbocycles. The van der Waals surface area contributed by atoms with E-state index in [4.69, 9.17) is 0 Å². The molecule has 0 aromatic heterocycles. The summed E-state index contributed by atoms with van der Waals surface area (Å²) in [5, 5.41) is 0. The third kappa shape index (κ3) is 3.62. The summed E-state index contributed by atoms with van der Waals surface area (Å²) < 4.78 is 2.96. The Morgan fingerprint density at radius 2 is 0.929 bits per heavy atom. The summed E-state index contributed by atoms with van der Waals surface area (Å²) in [6, 6.07) is 21.4. The molecular formula is C12H10ISb+. The van der Waals surface area contributed by atoms with Crippen molar-refractivity contribution in [3.63, 3.8) is 0 Å². The molecule has 0 unspecified atom stereocenters. The van der Waals surface area contributed by atoms with Gasteiger partial charge in [0.05, 0.1) is 0 Å². The van der Waals surface area contributed by atoms with Gasteiger partial charge in [-0.15, -0.1) is 0 Å². The first-order chi connectivity index (χ1) is 6.45. The fourth-order valence-electron chi connectivity index (χ4n) is 1.08. The summed E-state index contributed by atoms with van der Waals surface area (Å²) in [6.07, 6.45) is 0. The smallest absolute Gasteiger partial charge is 0.0619 e. The molecule has 0 amide bonds. The Morgan fingerprint density at radius 1 is 0.571 bits per heavy atom. The molecule has 0 saturated carbocycles. The molecule has 2 rings (SSSR count). The molecule has 0 fully saturated rings. The number of hydrogen-bond acceptors (Lipinski definition) is 0. The Morgan fingerprint density at radius 3 is 1.29 bits per heavy atom. The molecule has 0 aliphatic rings. The molecule has 69 valence electrons. The third-order valence-electron chi connectivity index (χ3n) is 1.68. The topological polar surface area (TPSA) is 0 Å². The first-order valence-electron chi connectivity index (χ1n) is 4.20. The van der Waals surface area contributed by atoms with Gasteiger partial charge in [-0.3, -0.25) is 0 Å². The van der Waals surface area contributed by atoms with Crippen LogP contribution in [0.3, 0.4) is 0 Å². The molecular weight excluding hydrogens is 393 g/mol. The van der Waals surface area contributed by atoms with Crippen LogP contribution in [0.4, 0.5) is 0 Å². The van der Waals surface area contributed by atoms with Crippen molar-refractivity contribution in [2.24, 2.45) is 0 Å². The van der Waals surface area contributed by atoms with E-state index < -0.39 is 0 Å². The zero-order valence-electron chi connectivity index (χ0n) is 7.60. The number of hydrogen-bond donors (Lipinski definition) is 0. The van der Waals surface area contributed by atoms with E-state index >= 15 is 0 Å². The van der Waals surface area contributed by atoms with Gasteiger partial charge in [0, 0.05) is 24.4 Å². The normalized spacial score (nSPS) is 9.14.